The quantitative estimate of drug-likeness (QED) is 0.735. The third-order valence-corrected chi connectivity index (χ3v) is 3.10. The normalized spacial score (nSPS) is 15.9. The molecule has 0 bridgehead atoms. The fourth-order valence-electron chi connectivity index (χ4n) is 1.88. The number of anilines is 1. The lowest BCUT2D eigenvalue weighted by Crippen LogP contribution is -2.38. The molecule has 1 aliphatic rings. The van der Waals surface area contributed by atoms with Crippen LogP contribution in [0.4, 0.5) is 5.69 Å². The number of nitrogens with zero attached hydrogens (tertiary/aromatic N) is 1. The van der Waals surface area contributed by atoms with Crippen molar-refractivity contribution < 1.29 is 5.11 Å². The van der Waals surface area contributed by atoms with Gasteiger partial charge < -0.3 is 15.3 Å². The second-order valence-corrected chi connectivity index (χ2v) is 4.41. The van der Waals surface area contributed by atoms with E-state index < -0.39 is 0 Å². The Balaban J connectivity index is 1.96. The van der Waals surface area contributed by atoms with Crippen LogP contribution in [-0.4, -0.2) is 28.2 Å². The molecule has 0 aromatic heterocycles. The summed E-state index contributed by atoms with van der Waals surface area (Å²) < 4.78 is 0. The minimum absolute atomic E-state index is 0.256. The van der Waals surface area contributed by atoms with Gasteiger partial charge in [-0.25, -0.2) is 0 Å². The maximum Gasteiger partial charge on any atom is 0.173 e. The maximum absolute atomic E-state index is 9.34. The van der Waals surface area contributed by atoms with E-state index in [1.165, 1.54) is 19.3 Å². The largest absolute Gasteiger partial charge is 0.508 e. The van der Waals surface area contributed by atoms with Crippen LogP contribution < -0.4 is 5.32 Å². The summed E-state index contributed by atoms with van der Waals surface area (Å²) in [5, 5.41) is 13.2. The molecule has 0 spiro atoms. The molecule has 0 amide bonds. The average molecular weight is 236 g/mol. The number of thiocarbonyl (C=S) groups is 1. The van der Waals surface area contributed by atoms with E-state index in [-0.39, 0.29) is 5.75 Å². The van der Waals surface area contributed by atoms with E-state index in [0.29, 0.717) is 0 Å². The first-order valence-corrected chi connectivity index (χ1v) is 6.01. The zero-order chi connectivity index (χ0) is 11.4. The van der Waals surface area contributed by atoms with E-state index in [4.69, 9.17) is 12.2 Å². The van der Waals surface area contributed by atoms with Gasteiger partial charge in [-0.1, -0.05) is 6.07 Å². The highest BCUT2D eigenvalue weighted by Crippen LogP contribution is 2.17. The maximum atomic E-state index is 9.34. The van der Waals surface area contributed by atoms with Crippen LogP contribution in [0.1, 0.15) is 19.3 Å². The molecular formula is C12H16N2OS. The summed E-state index contributed by atoms with van der Waals surface area (Å²) >= 11 is 5.33. The number of likely N-dealkylation sites (tertiary alicyclic amines) is 1. The Hall–Kier alpha value is -1.29. The summed E-state index contributed by atoms with van der Waals surface area (Å²) in [6.07, 6.45) is 3.72. The Morgan fingerprint density at radius 3 is 2.69 bits per heavy atom. The van der Waals surface area contributed by atoms with Crippen molar-refractivity contribution in [2.45, 2.75) is 19.3 Å². The van der Waals surface area contributed by atoms with Crippen LogP contribution in [0.15, 0.2) is 24.3 Å². The number of nitrogens with one attached hydrogen (secondary N) is 1. The molecule has 1 aliphatic heterocycles. The molecule has 0 unspecified atom stereocenters. The van der Waals surface area contributed by atoms with E-state index in [1.807, 2.05) is 6.07 Å². The first kappa shape index (κ1) is 11.2. The number of hydrogen-bond acceptors (Lipinski definition) is 2. The van der Waals surface area contributed by atoms with Gasteiger partial charge in [-0.3, -0.25) is 0 Å². The van der Waals surface area contributed by atoms with Gasteiger partial charge in [0.2, 0.25) is 0 Å². The molecule has 0 radical (unpaired) electrons. The molecule has 1 saturated heterocycles. The highest BCUT2D eigenvalue weighted by Gasteiger charge is 2.13. The highest BCUT2D eigenvalue weighted by molar-refractivity contribution is 7.80. The molecule has 86 valence electrons. The van der Waals surface area contributed by atoms with Crippen LogP contribution in [0.25, 0.3) is 0 Å². The van der Waals surface area contributed by atoms with Gasteiger partial charge in [0.25, 0.3) is 0 Å². The topological polar surface area (TPSA) is 35.5 Å². The summed E-state index contributed by atoms with van der Waals surface area (Å²) in [6.45, 7) is 2.06. The van der Waals surface area contributed by atoms with E-state index in [9.17, 15) is 5.11 Å². The number of benzene rings is 1. The van der Waals surface area contributed by atoms with E-state index in [1.54, 1.807) is 18.2 Å². The lowest BCUT2D eigenvalue weighted by molar-refractivity contribution is 0.346. The molecule has 3 nitrogen and oxygen atoms in total. The Kier molecular flexibility index (Phi) is 3.62. The molecule has 16 heavy (non-hydrogen) atoms. The summed E-state index contributed by atoms with van der Waals surface area (Å²) in [7, 11) is 0. The molecule has 0 aliphatic carbocycles. The van der Waals surface area contributed by atoms with Crippen LogP contribution >= 0.6 is 12.2 Å². The van der Waals surface area contributed by atoms with Crippen molar-refractivity contribution in [1.82, 2.24) is 4.90 Å². The number of piperidine rings is 1. The average Bonchev–Trinajstić information content (AvgIpc) is 2.30. The van der Waals surface area contributed by atoms with Gasteiger partial charge >= 0.3 is 0 Å². The molecule has 1 heterocycles. The first-order chi connectivity index (χ1) is 7.75. The summed E-state index contributed by atoms with van der Waals surface area (Å²) in [5.74, 6) is 0.256. The van der Waals surface area contributed by atoms with Crippen molar-refractivity contribution in [3.63, 3.8) is 0 Å². The first-order valence-electron chi connectivity index (χ1n) is 5.61. The lowest BCUT2D eigenvalue weighted by Gasteiger charge is -2.29. The molecule has 1 fully saturated rings. The lowest BCUT2D eigenvalue weighted by atomic mass is 10.1. The van der Waals surface area contributed by atoms with Gasteiger partial charge in [0.15, 0.2) is 5.11 Å². The summed E-state index contributed by atoms with van der Waals surface area (Å²) in [6, 6.07) is 7.03. The minimum Gasteiger partial charge on any atom is -0.508 e. The Morgan fingerprint density at radius 1 is 1.25 bits per heavy atom. The third kappa shape index (κ3) is 2.85. The predicted octanol–water partition coefficient (Wildman–Crippen LogP) is 2.57. The van der Waals surface area contributed by atoms with E-state index in [0.717, 1.165) is 23.9 Å². The Bertz CT molecular complexity index is 375. The molecule has 2 N–H and O–H groups in total. The van der Waals surface area contributed by atoms with Gasteiger partial charge in [0, 0.05) is 24.8 Å². The Morgan fingerprint density at radius 2 is 2.00 bits per heavy atom. The van der Waals surface area contributed by atoms with Crippen molar-refractivity contribution >= 4 is 23.0 Å². The standard InChI is InChI=1S/C12H16N2OS/c15-11-6-4-5-10(9-11)13-12(16)14-7-2-1-3-8-14/h4-6,9,15H,1-3,7-8H2,(H,13,16). The van der Waals surface area contributed by atoms with Crippen molar-refractivity contribution in [3.8, 4) is 5.75 Å². The number of phenols is 1. The summed E-state index contributed by atoms with van der Waals surface area (Å²) in [5.41, 5.74) is 0.843. The van der Waals surface area contributed by atoms with Crippen LogP contribution in [-0.2, 0) is 0 Å². The molecule has 0 atom stereocenters. The second kappa shape index (κ2) is 5.16. The molecule has 1 aromatic rings. The van der Waals surface area contributed by atoms with Crippen LogP contribution in [0.5, 0.6) is 5.75 Å². The number of hydrogen-bond donors (Lipinski definition) is 2. The monoisotopic (exact) mass is 236 g/mol. The van der Waals surface area contributed by atoms with E-state index in [2.05, 4.69) is 10.2 Å². The van der Waals surface area contributed by atoms with E-state index >= 15 is 0 Å². The van der Waals surface area contributed by atoms with Gasteiger partial charge in [-0.05, 0) is 43.6 Å². The van der Waals surface area contributed by atoms with Gasteiger partial charge in [0.1, 0.15) is 5.75 Å². The molecule has 1 aromatic carbocycles. The molecule has 0 saturated carbocycles. The van der Waals surface area contributed by atoms with Gasteiger partial charge in [-0.15, -0.1) is 0 Å². The van der Waals surface area contributed by atoms with Crippen LogP contribution in [0, 0.1) is 0 Å². The number of phenolic OH excluding ortho intramolecular Hbond substituents is 1. The van der Waals surface area contributed by atoms with Gasteiger partial charge in [-0.2, -0.15) is 0 Å². The fourth-order valence-corrected chi connectivity index (χ4v) is 2.18. The second-order valence-electron chi connectivity index (χ2n) is 4.03. The van der Waals surface area contributed by atoms with Gasteiger partial charge in [0.05, 0.1) is 0 Å². The van der Waals surface area contributed by atoms with Crippen molar-refractivity contribution in [1.29, 1.82) is 0 Å². The summed E-state index contributed by atoms with van der Waals surface area (Å²) in [4.78, 5) is 2.18. The predicted molar refractivity (Wildman–Crippen MR) is 69.8 cm³/mol. The number of rotatable bonds is 1. The zero-order valence-electron chi connectivity index (χ0n) is 9.15. The molecule has 2 rings (SSSR count). The molecule has 4 heteroatoms. The third-order valence-electron chi connectivity index (χ3n) is 2.74. The zero-order valence-corrected chi connectivity index (χ0v) is 9.96. The van der Waals surface area contributed by atoms with Crippen molar-refractivity contribution in [2.75, 3.05) is 18.4 Å². The highest BCUT2D eigenvalue weighted by atomic mass is 32.1. The smallest absolute Gasteiger partial charge is 0.173 e. The minimum atomic E-state index is 0.256. The SMILES string of the molecule is Oc1cccc(NC(=S)N2CCCCC2)c1. The Labute approximate surface area is 101 Å². The fraction of sp³-hybridized carbons (Fsp3) is 0.417. The van der Waals surface area contributed by atoms with Crippen LogP contribution in [0.3, 0.4) is 0 Å². The van der Waals surface area contributed by atoms with Crippen LogP contribution in [0.2, 0.25) is 0 Å². The van der Waals surface area contributed by atoms with Crippen molar-refractivity contribution in [3.05, 3.63) is 24.3 Å². The van der Waals surface area contributed by atoms with Crippen molar-refractivity contribution in [2.24, 2.45) is 0 Å². The molecular weight excluding hydrogens is 220 g/mol. The number of aromatic hydroxyl groups is 1.